The van der Waals surface area contributed by atoms with Crippen LogP contribution < -0.4 is 10.1 Å². The van der Waals surface area contributed by atoms with Crippen LogP contribution in [0.3, 0.4) is 0 Å². The van der Waals surface area contributed by atoms with E-state index in [1.807, 2.05) is 4.57 Å². The number of benzene rings is 1. The highest BCUT2D eigenvalue weighted by molar-refractivity contribution is 7.99. The number of amides is 1. The Morgan fingerprint density at radius 3 is 2.83 bits per heavy atom. The van der Waals surface area contributed by atoms with Crippen molar-refractivity contribution in [3.05, 3.63) is 48.6 Å². The van der Waals surface area contributed by atoms with Crippen molar-refractivity contribution in [3.8, 4) is 5.75 Å². The summed E-state index contributed by atoms with van der Waals surface area (Å²) in [5.41, 5.74) is 0. The maximum atomic E-state index is 13.0. The number of aromatic nitrogens is 3. The van der Waals surface area contributed by atoms with E-state index in [2.05, 4.69) is 29.0 Å². The molecule has 0 saturated heterocycles. The van der Waals surface area contributed by atoms with Gasteiger partial charge in [0.05, 0.1) is 5.75 Å². The molecule has 1 N–H and O–H groups in total. The first-order valence-corrected chi connectivity index (χ1v) is 10.9. The van der Waals surface area contributed by atoms with Gasteiger partial charge in [0.1, 0.15) is 18.2 Å². The van der Waals surface area contributed by atoms with Gasteiger partial charge in [0.2, 0.25) is 5.91 Å². The van der Waals surface area contributed by atoms with Gasteiger partial charge >= 0.3 is 0 Å². The molecule has 8 heteroatoms. The molecule has 1 aromatic heterocycles. The van der Waals surface area contributed by atoms with E-state index in [1.165, 1.54) is 43.2 Å². The Balaban J connectivity index is 1.56. The molecule has 1 aliphatic rings. The van der Waals surface area contributed by atoms with Crippen LogP contribution in [0.5, 0.6) is 5.75 Å². The fraction of sp³-hybridized carbons (Fsp3) is 0.476. The van der Waals surface area contributed by atoms with E-state index in [0.29, 0.717) is 29.2 Å². The Morgan fingerprint density at radius 2 is 2.10 bits per heavy atom. The summed E-state index contributed by atoms with van der Waals surface area (Å²) in [5, 5.41) is 12.2. The Bertz CT molecular complexity index is 825. The summed E-state index contributed by atoms with van der Waals surface area (Å²) in [6.45, 7) is 6.68. The largest absolute Gasteiger partial charge is 0.486 e. The van der Waals surface area contributed by atoms with Gasteiger partial charge in [-0.05, 0) is 43.0 Å². The van der Waals surface area contributed by atoms with Crippen LogP contribution in [0.25, 0.3) is 0 Å². The quantitative estimate of drug-likeness (QED) is 0.493. The molecule has 1 aromatic carbocycles. The molecule has 1 aliphatic carbocycles. The molecular formula is C21H27FN4O2S. The first kappa shape index (κ1) is 21.4. The second kappa shape index (κ2) is 10.4. The molecule has 1 amide bonds. The number of rotatable bonds is 9. The molecule has 0 aliphatic heterocycles. The lowest BCUT2D eigenvalue weighted by molar-refractivity contribution is -0.119. The summed E-state index contributed by atoms with van der Waals surface area (Å²) in [4.78, 5) is 12.4. The van der Waals surface area contributed by atoms with Gasteiger partial charge in [-0.3, -0.25) is 9.36 Å². The maximum Gasteiger partial charge on any atom is 0.230 e. The number of hydrogen-bond acceptors (Lipinski definition) is 5. The number of thioether (sulfide) groups is 1. The van der Waals surface area contributed by atoms with Crippen molar-refractivity contribution >= 4 is 17.7 Å². The maximum absolute atomic E-state index is 13.0. The van der Waals surface area contributed by atoms with E-state index in [1.54, 1.807) is 18.2 Å². The third-order valence-electron chi connectivity index (χ3n) is 5.08. The highest BCUT2D eigenvalue weighted by atomic mass is 32.2. The van der Waals surface area contributed by atoms with Crippen LogP contribution in [0.4, 0.5) is 4.39 Å². The number of nitrogens with one attached hydrogen (secondary N) is 1. The third kappa shape index (κ3) is 6.06. The number of ether oxygens (including phenoxy) is 1. The van der Waals surface area contributed by atoms with E-state index in [0.717, 1.165) is 6.42 Å². The van der Waals surface area contributed by atoms with Gasteiger partial charge in [-0.15, -0.1) is 16.8 Å². The van der Waals surface area contributed by atoms with Gasteiger partial charge in [0.25, 0.3) is 0 Å². The minimum absolute atomic E-state index is 0.0195. The first-order chi connectivity index (χ1) is 14.1. The molecule has 0 unspecified atom stereocenters. The first-order valence-electron chi connectivity index (χ1n) is 9.90. The topological polar surface area (TPSA) is 69.0 Å². The Morgan fingerprint density at radius 1 is 1.34 bits per heavy atom. The van der Waals surface area contributed by atoms with E-state index < -0.39 is 0 Å². The normalized spacial score (nSPS) is 19.0. The molecule has 0 spiro atoms. The van der Waals surface area contributed by atoms with Crippen molar-refractivity contribution in [1.29, 1.82) is 0 Å². The Hall–Kier alpha value is -2.35. The Labute approximate surface area is 174 Å². The Kier molecular flexibility index (Phi) is 7.69. The predicted octanol–water partition coefficient (Wildman–Crippen LogP) is 3.97. The fourth-order valence-electron chi connectivity index (χ4n) is 3.43. The van der Waals surface area contributed by atoms with Crippen molar-refractivity contribution in [1.82, 2.24) is 20.1 Å². The molecule has 0 bridgehead atoms. The standard InChI is InChI=1S/C21H27FN4O2S/c1-3-12-26-19(13-28-17-10-8-16(22)9-11-17)24-25-21(26)29-14-20(27)23-18-7-5-4-6-15(18)2/h3,8-11,15,18H,1,4-7,12-14H2,2H3,(H,23,27)/t15-,18-/m0/s1. The van der Waals surface area contributed by atoms with E-state index in [4.69, 9.17) is 4.74 Å². The molecule has 0 radical (unpaired) electrons. The van der Waals surface area contributed by atoms with Crippen molar-refractivity contribution in [2.75, 3.05) is 5.75 Å². The number of nitrogens with zero attached hydrogens (tertiary/aromatic N) is 3. The van der Waals surface area contributed by atoms with E-state index >= 15 is 0 Å². The minimum atomic E-state index is -0.313. The number of halogens is 1. The monoisotopic (exact) mass is 418 g/mol. The highest BCUT2D eigenvalue weighted by Crippen LogP contribution is 2.24. The average molecular weight is 419 g/mol. The highest BCUT2D eigenvalue weighted by Gasteiger charge is 2.23. The van der Waals surface area contributed by atoms with Crippen LogP contribution in [0.1, 0.15) is 38.4 Å². The van der Waals surface area contributed by atoms with Crippen LogP contribution in [0.15, 0.2) is 42.1 Å². The molecule has 2 atom stereocenters. The number of carbonyl (C=O) groups excluding carboxylic acids is 1. The number of carbonyl (C=O) groups is 1. The van der Waals surface area contributed by atoms with Crippen molar-refractivity contribution < 1.29 is 13.9 Å². The van der Waals surface area contributed by atoms with Crippen LogP contribution >= 0.6 is 11.8 Å². The van der Waals surface area contributed by atoms with Crippen molar-refractivity contribution in [2.24, 2.45) is 5.92 Å². The number of hydrogen-bond donors (Lipinski definition) is 1. The molecule has 1 saturated carbocycles. The second-order valence-electron chi connectivity index (χ2n) is 7.27. The molecule has 29 heavy (non-hydrogen) atoms. The average Bonchev–Trinajstić information content (AvgIpc) is 3.10. The summed E-state index contributed by atoms with van der Waals surface area (Å²) < 4.78 is 20.6. The van der Waals surface area contributed by atoms with Gasteiger partial charge in [-0.25, -0.2) is 4.39 Å². The van der Waals surface area contributed by atoms with Gasteiger partial charge in [-0.2, -0.15) is 0 Å². The lowest BCUT2D eigenvalue weighted by Gasteiger charge is -2.29. The molecule has 156 valence electrons. The molecule has 2 aromatic rings. The van der Waals surface area contributed by atoms with E-state index in [9.17, 15) is 9.18 Å². The van der Waals surface area contributed by atoms with Crippen LogP contribution in [0.2, 0.25) is 0 Å². The lowest BCUT2D eigenvalue weighted by Crippen LogP contribution is -2.41. The van der Waals surface area contributed by atoms with Gasteiger partial charge in [0, 0.05) is 12.6 Å². The molecule has 1 heterocycles. The smallest absolute Gasteiger partial charge is 0.230 e. The van der Waals surface area contributed by atoms with Crippen LogP contribution in [-0.2, 0) is 17.9 Å². The molecule has 3 rings (SSSR count). The zero-order valence-electron chi connectivity index (χ0n) is 16.6. The van der Waals surface area contributed by atoms with Crippen molar-refractivity contribution in [3.63, 3.8) is 0 Å². The molecule has 1 fully saturated rings. The number of allylic oxidation sites excluding steroid dienone is 1. The lowest BCUT2D eigenvalue weighted by atomic mass is 9.86. The molecule has 6 nitrogen and oxygen atoms in total. The van der Waals surface area contributed by atoms with Crippen LogP contribution in [-0.4, -0.2) is 32.5 Å². The summed E-state index contributed by atoms with van der Waals surface area (Å²) in [5.74, 6) is 1.69. The fourth-order valence-corrected chi connectivity index (χ4v) is 4.21. The zero-order valence-corrected chi connectivity index (χ0v) is 17.5. The molecular weight excluding hydrogens is 391 g/mol. The summed E-state index contributed by atoms with van der Waals surface area (Å²) >= 11 is 1.35. The van der Waals surface area contributed by atoms with Gasteiger partial charge < -0.3 is 10.1 Å². The second-order valence-corrected chi connectivity index (χ2v) is 8.21. The minimum Gasteiger partial charge on any atom is -0.486 e. The predicted molar refractivity (Wildman–Crippen MR) is 111 cm³/mol. The van der Waals surface area contributed by atoms with Gasteiger partial charge in [0.15, 0.2) is 11.0 Å². The SMILES string of the molecule is C=CCn1c(COc2ccc(F)cc2)nnc1SCC(=O)N[C@H]1CCCC[C@@H]1C. The zero-order chi connectivity index (χ0) is 20.6. The summed E-state index contributed by atoms with van der Waals surface area (Å²) in [6.07, 6.45) is 6.39. The van der Waals surface area contributed by atoms with Gasteiger partial charge in [-0.1, -0.05) is 37.6 Å². The van der Waals surface area contributed by atoms with E-state index in [-0.39, 0.29) is 30.1 Å². The third-order valence-corrected chi connectivity index (χ3v) is 6.04. The van der Waals surface area contributed by atoms with Crippen LogP contribution in [0, 0.1) is 11.7 Å². The van der Waals surface area contributed by atoms with Crippen molar-refractivity contribution in [2.45, 2.75) is 57.0 Å². The summed E-state index contributed by atoms with van der Waals surface area (Å²) in [6, 6.07) is 6.09. The summed E-state index contributed by atoms with van der Waals surface area (Å²) in [7, 11) is 0.